The average molecular weight is 181 g/mol. The van der Waals surface area contributed by atoms with E-state index in [-0.39, 0.29) is 11.4 Å². The van der Waals surface area contributed by atoms with Crippen LogP contribution in [0.4, 0.5) is 0 Å². The molecule has 0 aliphatic rings. The molecule has 1 rings (SSSR count). The van der Waals surface area contributed by atoms with Gasteiger partial charge in [-0.15, -0.1) is 0 Å². The van der Waals surface area contributed by atoms with Gasteiger partial charge in [0.1, 0.15) is 0 Å². The van der Waals surface area contributed by atoms with Gasteiger partial charge in [0.15, 0.2) is 0 Å². The van der Waals surface area contributed by atoms with E-state index >= 15 is 0 Å². The van der Waals surface area contributed by atoms with Crippen molar-refractivity contribution in [3.63, 3.8) is 0 Å². The SMILES string of the molecule is CC(=O)Oc1ccc(C(=O)O)cn1. The van der Waals surface area contributed by atoms with E-state index < -0.39 is 11.9 Å². The summed E-state index contributed by atoms with van der Waals surface area (Å²) in [4.78, 5) is 24.5. The molecule has 1 aromatic heterocycles. The zero-order chi connectivity index (χ0) is 9.84. The van der Waals surface area contributed by atoms with Gasteiger partial charge in [-0.2, -0.15) is 0 Å². The highest BCUT2D eigenvalue weighted by Gasteiger charge is 2.04. The second kappa shape index (κ2) is 3.66. The van der Waals surface area contributed by atoms with Crippen LogP contribution in [0.3, 0.4) is 0 Å². The van der Waals surface area contributed by atoms with Crippen molar-refractivity contribution < 1.29 is 19.4 Å². The Hall–Kier alpha value is -1.91. The summed E-state index contributed by atoms with van der Waals surface area (Å²) in [6, 6.07) is 2.64. The summed E-state index contributed by atoms with van der Waals surface area (Å²) in [7, 11) is 0. The highest BCUT2D eigenvalue weighted by atomic mass is 16.5. The van der Waals surface area contributed by atoms with Gasteiger partial charge in [-0.25, -0.2) is 9.78 Å². The molecule has 0 saturated carbocycles. The summed E-state index contributed by atoms with van der Waals surface area (Å²) in [6.45, 7) is 1.24. The van der Waals surface area contributed by atoms with Crippen LogP contribution in [0.2, 0.25) is 0 Å². The first-order valence-corrected chi connectivity index (χ1v) is 3.47. The molecule has 0 saturated heterocycles. The second-order valence-corrected chi connectivity index (χ2v) is 2.28. The van der Waals surface area contributed by atoms with Crippen molar-refractivity contribution in [2.24, 2.45) is 0 Å². The quantitative estimate of drug-likeness (QED) is 0.679. The molecule has 1 N–H and O–H groups in total. The van der Waals surface area contributed by atoms with E-state index in [1.165, 1.54) is 19.1 Å². The summed E-state index contributed by atoms with van der Waals surface area (Å²) in [5, 5.41) is 8.51. The molecule has 5 nitrogen and oxygen atoms in total. The predicted octanol–water partition coefficient (Wildman–Crippen LogP) is 0.705. The van der Waals surface area contributed by atoms with Gasteiger partial charge < -0.3 is 9.84 Å². The van der Waals surface area contributed by atoms with Crippen LogP contribution in [0.15, 0.2) is 18.3 Å². The predicted molar refractivity (Wildman–Crippen MR) is 42.5 cm³/mol. The summed E-state index contributed by atoms with van der Waals surface area (Å²) in [5.41, 5.74) is 0.0518. The van der Waals surface area contributed by atoms with Crippen LogP contribution in [-0.4, -0.2) is 22.0 Å². The molecule has 5 heteroatoms. The topological polar surface area (TPSA) is 76.5 Å². The van der Waals surface area contributed by atoms with Crippen molar-refractivity contribution in [3.8, 4) is 5.88 Å². The van der Waals surface area contributed by atoms with Crippen LogP contribution >= 0.6 is 0 Å². The fourth-order valence-electron chi connectivity index (χ4n) is 0.714. The Kier molecular flexibility index (Phi) is 2.59. The second-order valence-electron chi connectivity index (χ2n) is 2.28. The van der Waals surface area contributed by atoms with Gasteiger partial charge in [0, 0.05) is 19.2 Å². The number of carbonyl (C=O) groups excluding carboxylic acids is 1. The number of carboxylic acids is 1. The van der Waals surface area contributed by atoms with Crippen molar-refractivity contribution >= 4 is 11.9 Å². The Balaban J connectivity index is 2.81. The van der Waals surface area contributed by atoms with Gasteiger partial charge in [-0.3, -0.25) is 4.79 Å². The Bertz CT molecular complexity index is 331. The zero-order valence-corrected chi connectivity index (χ0v) is 6.85. The number of hydrogen-bond acceptors (Lipinski definition) is 4. The van der Waals surface area contributed by atoms with Crippen LogP contribution in [0, 0.1) is 0 Å². The third-order valence-electron chi connectivity index (χ3n) is 1.23. The summed E-state index contributed by atoms with van der Waals surface area (Å²) >= 11 is 0. The average Bonchev–Trinajstić information content (AvgIpc) is 2.04. The molecule has 68 valence electrons. The van der Waals surface area contributed by atoms with E-state index in [4.69, 9.17) is 5.11 Å². The number of nitrogens with zero attached hydrogens (tertiary/aromatic N) is 1. The van der Waals surface area contributed by atoms with Gasteiger partial charge >= 0.3 is 11.9 Å². The maximum absolute atomic E-state index is 10.5. The lowest BCUT2D eigenvalue weighted by Crippen LogP contribution is -2.04. The highest BCUT2D eigenvalue weighted by Crippen LogP contribution is 2.07. The molecule has 0 fully saturated rings. The van der Waals surface area contributed by atoms with Gasteiger partial charge in [0.25, 0.3) is 0 Å². The molecule has 0 spiro atoms. The Labute approximate surface area is 74.0 Å². The summed E-state index contributed by atoms with van der Waals surface area (Å²) in [5.74, 6) is -1.46. The lowest BCUT2D eigenvalue weighted by molar-refractivity contribution is -0.132. The van der Waals surface area contributed by atoms with Gasteiger partial charge in [0.05, 0.1) is 5.56 Å². The number of rotatable bonds is 2. The summed E-state index contributed by atoms with van der Waals surface area (Å²) in [6.07, 6.45) is 1.13. The maximum Gasteiger partial charge on any atom is 0.337 e. The number of aromatic nitrogens is 1. The molecule has 13 heavy (non-hydrogen) atoms. The number of pyridine rings is 1. The van der Waals surface area contributed by atoms with Crippen molar-refractivity contribution in [1.82, 2.24) is 4.98 Å². The number of carbonyl (C=O) groups is 2. The third-order valence-corrected chi connectivity index (χ3v) is 1.23. The van der Waals surface area contributed by atoms with E-state index in [1.54, 1.807) is 0 Å². The van der Waals surface area contributed by atoms with Gasteiger partial charge in [-0.1, -0.05) is 0 Å². The summed E-state index contributed by atoms with van der Waals surface area (Å²) < 4.78 is 4.61. The molecule has 0 aliphatic carbocycles. The third kappa shape index (κ3) is 2.55. The van der Waals surface area contributed by atoms with Crippen LogP contribution < -0.4 is 4.74 Å². The Morgan fingerprint density at radius 2 is 2.15 bits per heavy atom. The monoisotopic (exact) mass is 181 g/mol. The van der Waals surface area contributed by atoms with E-state index in [1.807, 2.05) is 0 Å². The molecule has 1 heterocycles. The molecule has 0 bridgehead atoms. The number of ether oxygens (including phenoxy) is 1. The van der Waals surface area contributed by atoms with Crippen LogP contribution in [0.25, 0.3) is 0 Å². The van der Waals surface area contributed by atoms with Crippen LogP contribution in [-0.2, 0) is 4.79 Å². The number of carboxylic acid groups (broad SMARTS) is 1. The van der Waals surface area contributed by atoms with E-state index in [9.17, 15) is 9.59 Å². The molecule has 0 radical (unpaired) electrons. The van der Waals surface area contributed by atoms with E-state index in [0.29, 0.717) is 0 Å². The lowest BCUT2D eigenvalue weighted by atomic mass is 10.3. The lowest BCUT2D eigenvalue weighted by Gasteiger charge is -1.98. The largest absolute Gasteiger partial charge is 0.478 e. The molecule has 0 aromatic carbocycles. The standard InChI is InChI=1S/C8H7NO4/c1-5(10)13-7-3-2-6(4-9-7)8(11)12/h2-4H,1H3,(H,11,12). The van der Waals surface area contributed by atoms with Crippen molar-refractivity contribution in [3.05, 3.63) is 23.9 Å². The molecular formula is C8H7NO4. The minimum atomic E-state index is -1.07. The minimum Gasteiger partial charge on any atom is -0.478 e. The smallest absolute Gasteiger partial charge is 0.337 e. The number of aromatic carboxylic acids is 1. The fourth-order valence-corrected chi connectivity index (χ4v) is 0.714. The van der Waals surface area contributed by atoms with Crippen LogP contribution in [0.5, 0.6) is 5.88 Å². The first-order chi connectivity index (χ1) is 6.09. The van der Waals surface area contributed by atoms with E-state index in [0.717, 1.165) is 6.20 Å². The molecule has 0 aliphatic heterocycles. The van der Waals surface area contributed by atoms with E-state index in [2.05, 4.69) is 9.72 Å². The molecule has 0 atom stereocenters. The van der Waals surface area contributed by atoms with Crippen LogP contribution in [0.1, 0.15) is 17.3 Å². The maximum atomic E-state index is 10.5. The fraction of sp³-hybridized carbons (Fsp3) is 0.125. The van der Waals surface area contributed by atoms with Crippen molar-refractivity contribution in [2.75, 3.05) is 0 Å². The van der Waals surface area contributed by atoms with Crippen molar-refractivity contribution in [1.29, 1.82) is 0 Å². The Morgan fingerprint density at radius 1 is 1.46 bits per heavy atom. The number of hydrogen-bond donors (Lipinski definition) is 1. The first-order valence-electron chi connectivity index (χ1n) is 3.47. The van der Waals surface area contributed by atoms with Gasteiger partial charge in [0.2, 0.25) is 5.88 Å². The first kappa shape index (κ1) is 9.18. The molecule has 1 aromatic rings. The zero-order valence-electron chi connectivity index (χ0n) is 6.85. The molecule has 0 unspecified atom stereocenters. The Morgan fingerprint density at radius 3 is 2.54 bits per heavy atom. The van der Waals surface area contributed by atoms with Crippen molar-refractivity contribution in [2.45, 2.75) is 6.92 Å². The molecule has 0 amide bonds. The highest BCUT2D eigenvalue weighted by molar-refractivity contribution is 5.87. The molecular weight excluding hydrogens is 174 g/mol. The minimum absolute atomic E-state index is 0.0518. The number of esters is 1. The van der Waals surface area contributed by atoms with Gasteiger partial charge in [-0.05, 0) is 6.07 Å². The normalized spacial score (nSPS) is 9.31.